The van der Waals surface area contributed by atoms with E-state index in [1.165, 1.54) is 22.9 Å². The Hall–Kier alpha value is -1.28. The van der Waals surface area contributed by atoms with E-state index in [-0.39, 0.29) is 0 Å². The summed E-state index contributed by atoms with van der Waals surface area (Å²) in [7, 11) is 0. The molecular weight excluding hydrogens is 196 g/mol. The Morgan fingerprint density at radius 1 is 1.19 bits per heavy atom. The van der Waals surface area contributed by atoms with Crippen LogP contribution in [0.15, 0.2) is 30.5 Å². The molecule has 1 heterocycles. The first-order valence-corrected chi connectivity index (χ1v) is 6.14. The number of hydrogen-bond donors (Lipinski definition) is 1. The summed E-state index contributed by atoms with van der Waals surface area (Å²) < 4.78 is 2.36. The third-order valence-corrected chi connectivity index (χ3v) is 2.90. The number of aryl methyl sites for hydroxylation is 1. The van der Waals surface area contributed by atoms with E-state index in [1.807, 2.05) is 0 Å². The Kier molecular flexibility index (Phi) is 3.62. The van der Waals surface area contributed by atoms with E-state index in [1.54, 1.807) is 0 Å². The summed E-state index contributed by atoms with van der Waals surface area (Å²) in [5.74, 6) is 0. The van der Waals surface area contributed by atoms with Crippen LogP contribution in [-0.2, 0) is 13.1 Å². The Morgan fingerprint density at radius 3 is 2.81 bits per heavy atom. The van der Waals surface area contributed by atoms with Gasteiger partial charge >= 0.3 is 0 Å². The molecule has 16 heavy (non-hydrogen) atoms. The van der Waals surface area contributed by atoms with Crippen molar-refractivity contribution in [2.75, 3.05) is 6.54 Å². The van der Waals surface area contributed by atoms with Crippen molar-refractivity contribution in [2.24, 2.45) is 0 Å². The molecule has 1 aromatic carbocycles. The predicted octanol–water partition coefficient (Wildman–Crippen LogP) is 3.16. The summed E-state index contributed by atoms with van der Waals surface area (Å²) >= 11 is 0. The van der Waals surface area contributed by atoms with E-state index in [4.69, 9.17) is 0 Å². The molecule has 0 bridgehead atoms. The van der Waals surface area contributed by atoms with Gasteiger partial charge in [0.1, 0.15) is 0 Å². The molecule has 0 aliphatic rings. The van der Waals surface area contributed by atoms with Crippen LogP contribution in [0.25, 0.3) is 10.9 Å². The van der Waals surface area contributed by atoms with E-state index in [2.05, 4.69) is 54.2 Å². The predicted molar refractivity (Wildman–Crippen MR) is 69.6 cm³/mol. The highest BCUT2D eigenvalue weighted by Crippen LogP contribution is 2.20. The van der Waals surface area contributed by atoms with Gasteiger partial charge in [0.25, 0.3) is 0 Å². The zero-order valence-corrected chi connectivity index (χ0v) is 10.2. The maximum absolute atomic E-state index is 3.40. The smallest absolute Gasteiger partial charge is 0.0525 e. The second kappa shape index (κ2) is 5.17. The first-order chi connectivity index (χ1) is 7.86. The fourth-order valence-electron chi connectivity index (χ4n) is 2.17. The van der Waals surface area contributed by atoms with E-state index in [0.29, 0.717) is 0 Å². The van der Waals surface area contributed by atoms with Crippen LogP contribution in [0.2, 0.25) is 0 Å². The summed E-state index contributed by atoms with van der Waals surface area (Å²) in [6.45, 7) is 7.45. The number of hydrogen-bond acceptors (Lipinski definition) is 1. The molecule has 2 heteroatoms. The number of nitrogens with one attached hydrogen (secondary N) is 1. The van der Waals surface area contributed by atoms with E-state index >= 15 is 0 Å². The number of nitrogens with zero attached hydrogens (tertiary/aromatic N) is 1. The molecule has 0 saturated carbocycles. The van der Waals surface area contributed by atoms with E-state index in [0.717, 1.165) is 19.6 Å². The second-order valence-corrected chi connectivity index (χ2v) is 4.14. The van der Waals surface area contributed by atoms with Gasteiger partial charge in [-0.05, 0) is 30.0 Å². The minimum atomic E-state index is 0.960. The molecule has 2 nitrogen and oxygen atoms in total. The van der Waals surface area contributed by atoms with Gasteiger partial charge in [0.2, 0.25) is 0 Å². The molecule has 86 valence electrons. The maximum Gasteiger partial charge on any atom is 0.0525 e. The standard InChI is InChI=1S/C14H20N2/c1-3-9-16-10-8-12-6-5-7-13(14(12)16)11-15-4-2/h5-8,10,15H,3-4,9,11H2,1-2H3. The van der Waals surface area contributed by atoms with Crippen molar-refractivity contribution >= 4 is 10.9 Å². The summed E-state index contributed by atoms with van der Waals surface area (Å²) in [4.78, 5) is 0. The first kappa shape index (κ1) is 11.2. The van der Waals surface area contributed by atoms with Gasteiger partial charge in [-0.25, -0.2) is 0 Å². The lowest BCUT2D eigenvalue weighted by Crippen LogP contribution is -2.12. The number of fused-ring (bicyclic) bond motifs is 1. The van der Waals surface area contributed by atoms with Crippen LogP contribution in [0.5, 0.6) is 0 Å². The van der Waals surface area contributed by atoms with Gasteiger partial charge in [-0.2, -0.15) is 0 Å². The van der Waals surface area contributed by atoms with E-state index in [9.17, 15) is 0 Å². The van der Waals surface area contributed by atoms with Crippen LogP contribution < -0.4 is 5.32 Å². The van der Waals surface area contributed by atoms with Crippen molar-refractivity contribution in [3.05, 3.63) is 36.0 Å². The lowest BCUT2D eigenvalue weighted by Gasteiger charge is -2.09. The van der Waals surface area contributed by atoms with Crippen molar-refractivity contribution in [1.29, 1.82) is 0 Å². The highest BCUT2D eigenvalue weighted by molar-refractivity contribution is 5.83. The zero-order valence-electron chi connectivity index (χ0n) is 10.2. The molecule has 0 spiro atoms. The molecule has 2 rings (SSSR count). The van der Waals surface area contributed by atoms with Crippen molar-refractivity contribution < 1.29 is 0 Å². The number of benzene rings is 1. The van der Waals surface area contributed by atoms with Gasteiger partial charge < -0.3 is 9.88 Å². The monoisotopic (exact) mass is 216 g/mol. The summed E-state index contributed by atoms with van der Waals surface area (Å²) in [6.07, 6.45) is 3.38. The highest BCUT2D eigenvalue weighted by Gasteiger charge is 2.05. The third-order valence-electron chi connectivity index (χ3n) is 2.90. The summed E-state index contributed by atoms with van der Waals surface area (Å²) in [6, 6.07) is 8.76. The van der Waals surface area contributed by atoms with Gasteiger partial charge in [0, 0.05) is 19.3 Å². The van der Waals surface area contributed by atoms with Gasteiger partial charge in [-0.3, -0.25) is 0 Å². The van der Waals surface area contributed by atoms with Crippen molar-refractivity contribution in [2.45, 2.75) is 33.4 Å². The Morgan fingerprint density at radius 2 is 2.06 bits per heavy atom. The van der Waals surface area contributed by atoms with Gasteiger partial charge in [0.05, 0.1) is 5.52 Å². The van der Waals surface area contributed by atoms with Crippen molar-refractivity contribution in [3.8, 4) is 0 Å². The lowest BCUT2D eigenvalue weighted by molar-refractivity contribution is 0.690. The molecule has 0 amide bonds. The minimum absolute atomic E-state index is 0.960. The molecular formula is C14H20N2. The molecule has 0 aliphatic heterocycles. The Labute approximate surface area is 97.3 Å². The fourth-order valence-corrected chi connectivity index (χ4v) is 2.17. The highest BCUT2D eigenvalue weighted by atomic mass is 15.0. The minimum Gasteiger partial charge on any atom is -0.347 e. The van der Waals surface area contributed by atoms with Crippen LogP contribution >= 0.6 is 0 Å². The van der Waals surface area contributed by atoms with E-state index < -0.39 is 0 Å². The number of para-hydroxylation sites is 1. The first-order valence-electron chi connectivity index (χ1n) is 6.14. The molecule has 0 unspecified atom stereocenters. The molecule has 0 saturated heterocycles. The van der Waals surface area contributed by atoms with Crippen LogP contribution in [0.3, 0.4) is 0 Å². The lowest BCUT2D eigenvalue weighted by atomic mass is 10.1. The molecule has 0 radical (unpaired) electrons. The largest absolute Gasteiger partial charge is 0.347 e. The van der Waals surface area contributed by atoms with Crippen LogP contribution in [0.4, 0.5) is 0 Å². The third kappa shape index (κ3) is 2.12. The van der Waals surface area contributed by atoms with Crippen LogP contribution in [0, 0.1) is 0 Å². The number of aromatic nitrogens is 1. The van der Waals surface area contributed by atoms with Gasteiger partial charge in [-0.1, -0.05) is 32.0 Å². The van der Waals surface area contributed by atoms with Crippen molar-refractivity contribution in [1.82, 2.24) is 9.88 Å². The average Bonchev–Trinajstić information content (AvgIpc) is 2.71. The maximum atomic E-state index is 3.40. The fraction of sp³-hybridized carbons (Fsp3) is 0.429. The molecule has 0 atom stereocenters. The number of rotatable bonds is 5. The topological polar surface area (TPSA) is 17.0 Å². The quantitative estimate of drug-likeness (QED) is 0.812. The Balaban J connectivity index is 2.41. The SMILES string of the molecule is CCCn1ccc2cccc(CNCC)c21. The second-order valence-electron chi connectivity index (χ2n) is 4.14. The van der Waals surface area contributed by atoms with Crippen LogP contribution in [0.1, 0.15) is 25.8 Å². The zero-order chi connectivity index (χ0) is 11.4. The Bertz CT molecular complexity index is 457. The van der Waals surface area contributed by atoms with Gasteiger partial charge in [-0.15, -0.1) is 0 Å². The van der Waals surface area contributed by atoms with Gasteiger partial charge in [0.15, 0.2) is 0 Å². The normalized spacial score (nSPS) is 11.1. The van der Waals surface area contributed by atoms with Crippen LogP contribution in [-0.4, -0.2) is 11.1 Å². The average molecular weight is 216 g/mol. The van der Waals surface area contributed by atoms with Crippen molar-refractivity contribution in [3.63, 3.8) is 0 Å². The molecule has 0 aliphatic carbocycles. The summed E-state index contributed by atoms with van der Waals surface area (Å²) in [5, 5.41) is 4.75. The molecule has 0 fully saturated rings. The molecule has 1 aromatic heterocycles. The summed E-state index contributed by atoms with van der Waals surface area (Å²) in [5.41, 5.74) is 2.79. The molecule has 1 N–H and O–H groups in total. The molecule has 2 aromatic rings.